The molecular formula is C16H17FO. The van der Waals surface area contributed by atoms with Crippen molar-refractivity contribution in [2.45, 2.75) is 25.9 Å². The molecule has 0 spiro atoms. The molecule has 2 rings (SSSR count). The van der Waals surface area contributed by atoms with Crippen molar-refractivity contribution in [3.8, 4) is 0 Å². The molecule has 18 heavy (non-hydrogen) atoms. The van der Waals surface area contributed by atoms with E-state index in [1.54, 1.807) is 12.1 Å². The normalized spacial score (nSPS) is 12.7. The molecule has 2 heteroatoms. The Hall–Kier alpha value is -1.67. The Bertz CT molecular complexity index is 500. The van der Waals surface area contributed by atoms with E-state index >= 15 is 0 Å². The van der Waals surface area contributed by atoms with Crippen LogP contribution in [0, 0.1) is 5.82 Å². The molecule has 0 aliphatic heterocycles. The van der Waals surface area contributed by atoms with Gasteiger partial charge in [-0.25, -0.2) is 4.39 Å². The van der Waals surface area contributed by atoms with Crippen LogP contribution in [0.25, 0.3) is 0 Å². The number of benzene rings is 2. The fourth-order valence-electron chi connectivity index (χ4n) is 1.90. The minimum atomic E-state index is -0.702. The smallest absolute Gasteiger partial charge is 0.123 e. The van der Waals surface area contributed by atoms with Crippen LogP contribution in [0.4, 0.5) is 4.39 Å². The molecule has 94 valence electrons. The average molecular weight is 244 g/mol. The van der Waals surface area contributed by atoms with E-state index in [1.807, 2.05) is 24.3 Å². The van der Waals surface area contributed by atoms with Crippen LogP contribution in [0.5, 0.6) is 0 Å². The maximum atomic E-state index is 12.8. The number of rotatable bonds is 3. The molecule has 0 fully saturated rings. The zero-order valence-electron chi connectivity index (χ0n) is 10.6. The summed E-state index contributed by atoms with van der Waals surface area (Å²) in [6.45, 7) is 4.26. The SMILES string of the molecule is CC(C)c1ccc([C@H](O)c2ccc(F)cc2)cc1. The second-order valence-corrected chi connectivity index (χ2v) is 4.78. The van der Waals surface area contributed by atoms with Crippen LogP contribution in [-0.4, -0.2) is 5.11 Å². The molecule has 0 aromatic heterocycles. The van der Waals surface area contributed by atoms with Gasteiger partial charge in [0.05, 0.1) is 0 Å². The fourth-order valence-corrected chi connectivity index (χ4v) is 1.90. The number of hydrogen-bond acceptors (Lipinski definition) is 1. The van der Waals surface area contributed by atoms with Crippen LogP contribution in [0.15, 0.2) is 48.5 Å². The minimum absolute atomic E-state index is 0.291. The van der Waals surface area contributed by atoms with Crippen molar-refractivity contribution in [2.75, 3.05) is 0 Å². The van der Waals surface area contributed by atoms with Gasteiger partial charge in [-0.15, -0.1) is 0 Å². The van der Waals surface area contributed by atoms with Gasteiger partial charge < -0.3 is 5.11 Å². The average Bonchev–Trinajstić information content (AvgIpc) is 2.39. The van der Waals surface area contributed by atoms with Gasteiger partial charge in [-0.3, -0.25) is 0 Å². The first-order valence-corrected chi connectivity index (χ1v) is 6.11. The molecule has 1 atom stereocenters. The predicted molar refractivity (Wildman–Crippen MR) is 71.0 cm³/mol. The van der Waals surface area contributed by atoms with Gasteiger partial charge in [0.2, 0.25) is 0 Å². The summed E-state index contributed by atoms with van der Waals surface area (Å²) < 4.78 is 12.8. The highest BCUT2D eigenvalue weighted by Gasteiger charge is 2.10. The first kappa shape index (κ1) is 12.8. The van der Waals surface area contributed by atoms with E-state index in [9.17, 15) is 9.50 Å². The Labute approximate surface area is 107 Å². The lowest BCUT2D eigenvalue weighted by atomic mass is 9.97. The highest BCUT2D eigenvalue weighted by atomic mass is 19.1. The molecule has 2 aromatic rings. The Balaban J connectivity index is 2.23. The van der Waals surface area contributed by atoms with Gasteiger partial charge >= 0.3 is 0 Å². The van der Waals surface area contributed by atoms with Gasteiger partial charge in [-0.1, -0.05) is 50.2 Å². The van der Waals surface area contributed by atoms with E-state index in [1.165, 1.54) is 17.7 Å². The third kappa shape index (κ3) is 2.77. The topological polar surface area (TPSA) is 20.2 Å². The van der Waals surface area contributed by atoms with Crippen molar-refractivity contribution in [1.82, 2.24) is 0 Å². The highest BCUT2D eigenvalue weighted by molar-refractivity contribution is 5.32. The standard InChI is InChI=1S/C16H17FO/c1-11(2)12-3-5-13(6-4-12)16(18)14-7-9-15(17)10-8-14/h3-11,16,18H,1-2H3/t16-/m0/s1. The van der Waals surface area contributed by atoms with Crippen molar-refractivity contribution in [3.05, 3.63) is 71.0 Å². The van der Waals surface area contributed by atoms with Gasteiger partial charge in [-0.05, 0) is 34.7 Å². The van der Waals surface area contributed by atoms with Crippen molar-refractivity contribution >= 4 is 0 Å². The summed E-state index contributed by atoms with van der Waals surface area (Å²) in [4.78, 5) is 0. The molecule has 0 bridgehead atoms. The van der Waals surface area contributed by atoms with Crippen molar-refractivity contribution in [2.24, 2.45) is 0 Å². The third-order valence-corrected chi connectivity index (χ3v) is 3.10. The van der Waals surface area contributed by atoms with E-state index in [4.69, 9.17) is 0 Å². The summed E-state index contributed by atoms with van der Waals surface area (Å²) in [6.07, 6.45) is -0.702. The van der Waals surface area contributed by atoms with Crippen molar-refractivity contribution < 1.29 is 9.50 Å². The summed E-state index contributed by atoms with van der Waals surface area (Å²) in [5.74, 6) is 0.183. The molecule has 1 nitrogen and oxygen atoms in total. The summed E-state index contributed by atoms with van der Waals surface area (Å²) in [7, 11) is 0. The molecule has 0 radical (unpaired) electrons. The van der Waals surface area contributed by atoms with E-state index in [0.29, 0.717) is 11.5 Å². The van der Waals surface area contributed by atoms with Crippen LogP contribution in [-0.2, 0) is 0 Å². The number of hydrogen-bond donors (Lipinski definition) is 1. The Morgan fingerprint density at radius 2 is 1.17 bits per heavy atom. The second-order valence-electron chi connectivity index (χ2n) is 4.78. The molecule has 0 saturated heterocycles. The largest absolute Gasteiger partial charge is 0.384 e. The number of aliphatic hydroxyl groups is 1. The van der Waals surface area contributed by atoms with E-state index in [0.717, 1.165) is 5.56 Å². The lowest BCUT2D eigenvalue weighted by Crippen LogP contribution is -2.00. The first-order valence-electron chi connectivity index (χ1n) is 6.11. The molecule has 0 heterocycles. The Kier molecular flexibility index (Phi) is 3.78. The van der Waals surface area contributed by atoms with Crippen LogP contribution in [0.1, 0.15) is 42.6 Å². The molecule has 0 saturated carbocycles. The monoisotopic (exact) mass is 244 g/mol. The lowest BCUT2D eigenvalue weighted by molar-refractivity contribution is 0.220. The summed E-state index contributed by atoms with van der Waals surface area (Å²) in [5.41, 5.74) is 2.77. The molecular weight excluding hydrogens is 227 g/mol. The fraction of sp³-hybridized carbons (Fsp3) is 0.250. The number of aliphatic hydroxyl groups excluding tert-OH is 1. The highest BCUT2D eigenvalue weighted by Crippen LogP contribution is 2.24. The summed E-state index contributed by atoms with van der Waals surface area (Å²) in [5, 5.41) is 10.2. The lowest BCUT2D eigenvalue weighted by Gasteiger charge is -2.13. The quantitative estimate of drug-likeness (QED) is 0.864. The molecule has 0 unspecified atom stereocenters. The van der Waals surface area contributed by atoms with Crippen molar-refractivity contribution in [1.29, 1.82) is 0 Å². The van der Waals surface area contributed by atoms with Gasteiger partial charge in [0.25, 0.3) is 0 Å². The third-order valence-electron chi connectivity index (χ3n) is 3.10. The predicted octanol–water partition coefficient (Wildman–Crippen LogP) is 4.03. The zero-order valence-corrected chi connectivity index (χ0v) is 10.6. The number of halogens is 1. The molecule has 1 N–H and O–H groups in total. The summed E-state index contributed by atoms with van der Waals surface area (Å²) >= 11 is 0. The molecule has 0 amide bonds. The first-order chi connectivity index (χ1) is 8.58. The molecule has 2 aromatic carbocycles. The van der Waals surface area contributed by atoms with E-state index in [-0.39, 0.29) is 5.82 Å². The van der Waals surface area contributed by atoms with Crippen molar-refractivity contribution in [3.63, 3.8) is 0 Å². The van der Waals surface area contributed by atoms with Gasteiger partial charge in [0.15, 0.2) is 0 Å². The van der Waals surface area contributed by atoms with Gasteiger partial charge in [0.1, 0.15) is 11.9 Å². The van der Waals surface area contributed by atoms with Crippen LogP contribution < -0.4 is 0 Å². The molecule has 0 aliphatic carbocycles. The van der Waals surface area contributed by atoms with Crippen LogP contribution in [0.3, 0.4) is 0 Å². The van der Waals surface area contributed by atoms with Crippen LogP contribution >= 0.6 is 0 Å². The van der Waals surface area contributed by atoms with E-state index in [2.05, 4.69) is 13.8 Å². The Morgan fingerprint density at radius 3 is 1.61 bits per heavy atom. The zero-order chi connectivity index (χ0) is 13.1. The van der Waals surface area contributed by atoms with Gasteiger partial charge in [0, 0.05) is 0 Å². The molecule has 0 aliphatic rings. The Morgan fingerprint density at radius 1 is 0.778 bits per heavy atom. The van der Waals surface area contributed by atoms with Gasteiger partial charge in [-0.2, -0.15) is 0 Å². The van der Waals surface area contributed by atoms with E-state index < -0.39 is 6.10 Å². The van der Waals surface area contributed by atoms with Crippen LogP contribution in [0.2, 0.25) is 0 Å². The maximum Gasteiger partial charge on any atom is 0.123 e. The maximum absolute atomic E-state index is 12.8. The minimum Gasteiger partial charge on any atom is -0.384 e. The summed E-state index contributed by atoms with van der Waals surface area (Å²) in [6, 6.07) is 13.8. The second kappa shape index (κ2) is 5.32.